The normalized spacial score (nSPS) is 14.2. The maximum atomic E-state index is 15.2. The summed E-state index contributed by atoms with van der Waals surface area (Å²) >= 11 is 0. The maximum absolute atomic E-state index is 15.2. The Labute approximate surface area is 233 Å². The number of carbonyl (C=O) groups excluding carboxylic acids is 1. The number of fused-ring (bicyclic) bond motifs is 1. The van der Waals surface area contributed by atoms with Gasteiger partial charge in [-0.25, -0.2) is 14.4 Å². The van der Waals surface area contributed by atoms with Crippen molar-refractivity contribution in [3.05, 3.63) is 88.9 Å². The number of carbonyl (C=O) groups is 1. The minimum absolute atomic E-state index is 0.0524. The zero-order valence-corrected chi connectivity index (χ0v) is 22.0. The second-order valence-electron chi connectivity index (χ2n) is 9.68. The molecule has 208 valence electrons. The average molecular weight is 556 g/mol. The fraction of sp³-hybridized carbons (Fsp3) is 0.214. The number of likely N-dealkylation sites (tertiary alicyclic amines) is 1. The summed E-state index contributed by atoms with van der Waals surface area (Å²) in [5.41, 5.74) is -0.171. The van der Waals surface area contributed by atoms with E-state index in [0.29, 0.717) is 22.6 Å². The number of nitrogens with zero attached hydrogens (tertiary/aromatic N) is 6. The summed E-state index contributed by atoms with van der Waals surface area (Å²) < 4.78 is 22.1. The van der Waals surface area contributed by atoms with E-state index in [4.69, 9.17) is 4.74 Å². The largest absolute Gasteiger partial charge is 0.453 e. The molecule has 1 aliphatic heterocycles. The Morgan fingerprint density at radius 1 is 1.05 bits per heavy atom. The Morgan fingerprint density at radius 2 is 1.90 bits per heavy atom. The van der Waals surface area contributed by atoms with Crippen molar-refractivity contribution in [3.63, 3.8) is 0 Å². The standard InChI is InChI=1S/C28H26FN9O3/c1-37-14-9-17(10-15-37)33-26-24-22(8-12-31-25(24)35-36-26)41-21-6-5-18(16-20(21)29)34-27(39)19-7-13-32-38(28(19)40)23-4-2-3-11-30-23/h2-8,11-13,16-17H,9-10,14-15H2,1H3,(H,34,39)(H2,31,33,35,36). The first-order chi connectivity index (χ1) is 20.0. The maximum Gasteiger partial charge on any atom is 0.285 e. The molecule has 13 heteroatoms. The van der Waals surface area contributed by atoms with E-state index in [-0.39, 0.29) is 28.9 Å². The van der Waals surface area contributed by atoms with E-state index in [2.05, 4.69) is 47.8 Å². The molecule has 3 N–H and O–H groups in total. The number of benzene rings is 1. The molecule has 41 heavy (non-hydrogen) atoms. The van der Waals surface area contributed by atoms with Gasteiger partial charge in [-0.05, 0) is 63.3 Å². The Kier molecular flexibility index (Phi) is 7.08. The number of aromatic amines is 1. The van der Waals surface area contributed by atoms with Crippen molar-refractivity contribution < 1.29 is 13.9 Å². The van der Waals surface area contributed by atoms with Gasteiger partial charge in [-0.1, -0.05) is 6.07 Å². The molecular formula is C28H26FN9O3. The van der Waals surface area contributed by atoms with Gasteiger partial charge in [0.1, 0.15) is 16.7 Å². The molecule has 4 aromatic heterocycles. The van der Waals surface area contributed by atoms with E-state index in [1.807, 2.05) is 0 Å². The lowest BCUT2D eigenvalue weighted by molar-refractivity contribution is 0.102. The van der Waals surface area contributed by atoms with Crippen molar-refractivity contribution in [2.75, 3.05) is 30.8 Å². The van der Waals surface area contributed by atoms with E-state index in [9.17, 15) is 9.59 Å². The third kappa shape index (κ3) is 5.47. The fourth-order valence-corrected chi connectivity index (χ4v) is 4.66. The Bertz CT molecular complexity index is 1770. The highest BCUT2D eigenvalue weighted by Crippen LogP contribution is 2.35. The number of H-pyrrole nitrogens is 1. The van der Waals surface area contributed by atoms with Gasteiger partial charge >= 0.3 is 0 Å². The second-order valence-corrected chi connectivity index (χ2v) is 9.68. The van der Waals surface area contributed by atoms with E-state index < -0.39 is 17.3 Å². The number of ether oxygens (including phenoxy) is 1. The number of halogens is 1. The first-order valence-corrected chi connectivity index (χ1v) is 13.0. The highest BCUT2D eigenvalue weighted by molar-refractivity contribution is 6.04. The summed E-state index contributed by atoms with van der Waals surface area (Å²) in [6.07, 6.45) is 6.33. The Balaban J connectivity index is 1.20. The quantitative estimate of drug-likeness (QED) is 0.275. The van der Waals surface area contributed by atoms with Crippen molar-refractivity contribution in [3.8, 4) is 17.3 Å². The lowest BCUT2D eigenvalue weighted by Gasteiger charge is -2.29. The summed E-state index contributed by atoms with van der Waals surface area (Å²) in [5.74, 6) is -0.233. The molecule has 1 fully saturated rings. The van der Waals surface area contributed by atoms with Crippen LogP contribution in [0.3, 0.4) is 0 Å². The van der Waals surface area contributed by atoms with Crippen molar-refractivity contribution in [1.82, 2.24) is 34.8 Å². The topological polar surface area (TPSA) is 143 Å². The van der Waals surface area contributed by atoms with E-state index >= 15 is 4.39 Å². The molecule has 0 atom stereocenters. The smallest absolute Gasteiger partial charge is 0.285 e. The number of pyridine rings is 2. The van der Waals surface area contributed by atoms with Gasteiger partial charge in [0.05, 0.1) is 0 Å². The van der Waals surface area contributed by atoms with Gasteiger partial charge in [0.15, 0.2) is 28.8 Å². The molecule has 1 aromatic carbocycles. The van der Waals surface area contributed by atoms with E-state index in [0.717, 1.165) is 36.7 Å². The first-order valence-electron chi connectivity index (χ1n) is 13.0. The third-order valence-electron chi connectivity index (χ3n) is 6.85. The van der Waals surface area contributed by atoms with Gasteiger partial charge in [0.25, 0.3) is 11.5 Å². The van der Waals surface area contributed by atoms with Crippen LogP contribution in [0.2, 0.25) is 0 Å². The van der Waals surface area contributed by atoms with Gasteiger partial charge in [0, 0.05) is 42.5 Å². The molecule has 12 nitrogen and oxygen atoms in total. The first kappa shape index (κ1) is 26.1. The van der Waals surface area contributed by atoms with Crippen LogP contribution in [0.15, 0.2) is 71.9 Å². The number of piperidine rings is 1. The molecule has 0 radical (unpaired) electrons. The number of anilines is 2. The summed E-state index contributed by atoms with van der Waals surface area (Å²) in [6, 6.07) is 12.2. The van der Waals surface area contributed by atoms with Gasteiger partial charge in [0.2, 0.25) is 0 Å². The Morgan fingerprint density at radius 3 is 2.68 bits per heavy atom. The van der Waals surface area contributed by atoms with Crippen LogP contribution >= 0.6 is 0 Å². The highest BCUT2D eigenvalue weighted by Gasteiger charge is 2.21. The number of hydrogen-bond acceptors (Lipinski definition) is 9. The molecule has 1 saturated heterocycles. The molecule has 0 aliphatic carbocycles. The van der Waals surface area contributed by atoms with Gasteiger partial charge in [-0.15, -0.1) is 0 Å². The van der Waals surface area contributed by atoms with Crippen LogP contribution in [0.5, 0.6) is 11.5 Å². The zero-order chi connectivity index (χ0) is 28.3. The van der Waals surface area contributed by atoms with Crippen LogP contribution < -0.4 is 20.9 Å². The lowest BCUT2D eigenvalue weighted by atomic mass is 10.1. The van der Waals surface area contributed by atoms with Crippen LogP contribution in [-0.4, -0.2) is 66.9 Å². The van der Waals surface area contributed by atoms with Crippen molar-refractivity contribution >= 4 is 28.4 Å². The highest BCUT2D eigenvalue weighted by atomic mass is 19.1. The lowest BCUT2D eigenvalue weighted by Crippen LogP contribution is -2.36. The van der Waals surface area contributed by atoms with Crippen LogP contribution in [0, 0.1) is 5.82 Å². The van der Waals surface area contributed by atoms with Crippen molar-refractivity contribution in [2.45, 2.75) is 18.9 Å². The number of nitrogens with one attached hydrogen (secondary N) is 3. The predicted octanol–water partition coefficient (Wildman–Crippen LogP) is 3.59. The third-order valence-corrected chi connectivity index (χ3v) is 6.85. The molecule has 0 spiro atoms. The summed E-state index contributed by atoms with van der Waals surface area (Å²) in [5, 5.41) is 17.9. The molecule has 5 heterocycles. The van der Waals surface area contributed by atoms with Crippen LogP contribution in [0.25, 0.3) is 16.9 Å². The molecule has 1 amide bonds. The van der Waals surface area contributed by atoms with Crippen molar-refractivity contribution in [2.24, 2.45) is 0 Å². The van der Waals surface area contributed by atoms with E-state index in [1.165, 1.54) is 30.6 Å². The van der Waals surface area contributed by atoms with Crippen LogP contribution in [0.4, 0.5) is 15.9 Å². The molecule has 5 aromatic rings. The van der Waals surface area contributed by atoms with E-state index in [1.54, 1.807) is 30.5 Å². The van der Waals surface area contributed by atoms with Crippen LogP contribution in [-0.2, 0) is 0 Å². The molecule has 0 saturated carbocycles. The molecular weight excluding hydrogens is 529 g/mol. The Hall–Kier alpha value is -5.17. The van der Waals surface area contributed by atoms with Gasteiger partial charge in [-0.2, -0.15) is 14.9 Å². The second kappa shape index (κ2) is 11.1. The predicted molar refractivity (Wildman–Crippen MR) is 150 cm³/mol. The molecule has 0 bridgehead atoms. The summed E-state index contributed by atoms with van der Waals surface area (Å²) in [6.45, 7) is 1.97. The number of hydrogen-bond donors (Lipinski definition) is 3. The molecule has 1 aliphatic rings. The monoisotopic (exact) mass is 555 g/mol. The SMILES string of the molecule is CN1CCC(Nc2n[nH]c3nccc(Oc4ccc(NC(=O)c5ccnn(-c6ccccn6)c5=O)cc4F)c23)CC1. The summed E-state index contributed by atoms with van der Waals surface area (Å²) in [4.78, 5) is 36.4. The fourth-order valence-electron chi connectivity index (χ4n) is 4.66. The minimum atomic E-state index is -0.714. The van der Waals surface area contributed by atoms with Gasteiger partial charge in [-0.3, -0.25) is 14.7 Å². The van der Waals surface area contributed by atoms with Gasteiger partial charge < -0.3 is 20.3 Å². The zero-order valence-electron chi connectivity index (χ0n) is 22.0. The molecule has 0 unspecified atom stereocenters. The average Bonchev–Trinajstić information content (AvgIpc) is 3.40. The minimum Gasteiger partial charge on any atom is -0.453 e. The summed E-state index contributed by atoms with van der Waals surface area (Å²) in [7, 11) is 2.10. The number of amides is 1. The number of rotatable bonds is 7. The number of aromatic nitrogens is 6. The van der Waals surface area contributed by atoms with Crippen LogP contribution in [0.1, 0.15) is 23.2 Å². The molecule has 6 rings (SSSR count). The van der Waals surface area contributed by atoms with Crippen molar-refractivity contribution in [1.29, 1.82) is 0 Å².